The third kappa shape index (κ3) is 6.33. The Bertz CT molecular complexity index is 889. The number of carbonyl (C=O) groups excluding carboxylic acids is 3. The molecule has 1 aromatic heterocycles. The van der Waals surface area contributed by atoms with Gasteiger partial charge in [0, 0.05) is 38.1 Å². The van der Waals surface area contributed by atoms with Crippen LogP contribution in [0.2, 0.25) is 0 Å². The Kier molecular flexibility index (Phi) is 8.69. The van der Waals surface area contributed by atoms with Crippen LogP contribution in [-0.4, -0.2) is 94.0 Å². The van der Waals surface area contributed by atoms with Gasteiger partial charge in [-0.2, -0.15) is 0 Å². The maximum Gasteiger partial charge on any atom is 0.275 e. The number of nitrogens with zero attached hydrogens (tertiary/aromatic N) is 5. The summed E-state index contributed by atoms with van der Waals surface area (Å²) in [6, 6.07) is 9.92. The number of rotatable bonds is 9. The van der Waals surface area contributed by atoms with E-state index in [1.807, 2.05) is 44.2 Å². The minimum atomic E-state index is -0.479. The number of likely N-dealkylation sites (N-methyl/N-ethyl adjacent to an activating group) is 1. The molecule has 1 aliphatic rings. The van der Waals surface area contributed by atoms with Crippen molar-refractivity contribution in [1.82, 2.24) is 24.3 Å². The molecule has 0 aliphatic carbocycles. The average Bonchev–Trinajstić information content (AvgIpc) is 3.29. The molecule has 1 saturated heterocycles. The molecule has 0 spiro atoms. The van der Waals surface area contributed by atoms with Crippen LogP contribution in [-0.2, 0) is 20.7 Å². The maximum absolute atomic E-state index is 13.0. The lowest BCUT2D eigenvalue weighted by Crippen LogP contribution is -2.41. The van der Waals surface area contributed by atoms with Crippen LogP contribution in [0.5, 0.6) is 0 Å². The van der Waals surface area contributed by atoms with Gasteiger partial charge in [-0.25, -0.2) is 0 Å². The van der Waals surface area contributed by atoms with Crippen LogP contribution in [0.4, 0.5) is 0 Å². The fourth-order valence-corrected chi connectivity index (χ4v) is 4.07. The molecule has 9 nitrogen and oxygen atoms in total. The van der Waals surface area contributed by atoms with Crippen LogP contribution in [0, 0.1) is 0 Å². The summed E-state index contributed by atoms with van der Waals surface area (Å²) in [4.78, 5) is 43.1. The van der Waals surface area contributed by atoms with Gasteiger partial charge < -0.3 is 19.4 Å². The van der Waals surface area contributed by atoms with E-state index in [1.165, 1.54) is 4.90 Å². The molecule has 0 N–H and O–H groups in total. The first-order valence-corrected chi connectivity index (χ1v) is 11.6. The topological polar surface area (TPSA) is 95.9 Å². The van der Waals surface area contributed by atoms with Gasteiger partial charge in [-0.15, -0.1) is 5.10 Å². The lowest BCUT2D eigenvalue weighted by atomic mass is 10.1. The summed E-state index contributed by atoms with van der Waals surface area (Å²) in [5.74, 6) is -0.623. The first-order chi connectivity index (χ1) is 15.5. The molecule has 10 heteroatoms. The number of ether oxygens (including phenoxy) is 1. The number of hydrogen-bond donors (Lipinski definition) is 0. The number of hydrogen-bond acceptors (Lipinski definition) is 7. The van der Waals surface area contributed by atoms with E-state index in [0.717, 1.165) is 17.1 Å². The first kappa shape index (κ1) is 23.8. The molecule has 1 aliphatic heterocycles. The van der Waals surface area contributed by atoms with Crippen molar-refractivity contribution in [2.75, 3.05) is 45.9 Å². The maximum atomic E-state index is 13.0. The summed E-state index contributed by atoms with van der Waals surface area (Å²) in [5, 5.41) is 5.40. The van der Waals surface area contributed by atoms with E-state index in [0.29, 0.717) is 32.6 Å². The minimum absolute atomic E-state index is 0.0605. The fourth-order valence-electron chi connectivity index (χ4n) is 3.64. The number of amides is 3. The Balaban J connectivity index is 1.71. The molecule has 1 aromatic carbocycles. The zero-order chi connectivity index (χ0) is 22.9. The number of benzene rings is 1. The fraction of sp³-hybridized carbons (Fsp3) is 0.500. The van der Waals surface area contributed by atoms with E-state index >= 15 is 0 Å². The molecule has 172 valence electrons. The third-order valence-corrected chi connectivity index (χ3v) is 5.97. The summed E-state index contributed by atoms with van der Waals surface area (Å²) in [6.45, 7) is 5.92. The van der Waals surface area contributed by atoms with Gasteiger partial charge in [-0.1, -0.05) is 34.8 Å². The lowest BCUT2D eigenvalue weighted by molar-refractivity contribution is -0.138. The summed E-state index contributed by atoms with van der Waals surface area (Å²) < 4.78 is 9.67. The molecular weight excluding hydrogens is 430 g/mol. The van der Waals surface area contributed by atoms with Crippen molar-refractivity contribution >= 4 is 29.3 Å². The predicted octanol–water partition coefficient (Wildman–Crippen LogP) is 1.32. The van der Waals surface area contributed by atoms with Crippen molar-refractivity contribution in [3.05, 3.63) is 47.0 Å². The Labute approximate surface area is 192 Å². The molecule has 0 unspecified atom stereocenters. The van der Waals surface area contributed by atoms with E-state index in [1.54, 1.807) is 15.2 Å². The van der Waals surface area contributed by atoms with Gasteiger partial charge >= 0.3 is 0 Å². The van der Waals surface area contributed by atoms with Crippen LogP contribution in [0.1, 0.15) is 29.9 Å². The molecule has 3 rings (SSSR count). The van der Waals surface area contributed by atoms with Crippen molar-refractivity contribution in [3.8, 4) is 0 Å². The highest BCUT2D eigenvalue weighted by Crippen LogP contribution is 2.13. The highest BCUT2D eigenvalue weighted by Gasteiger charge is 2.32. The Morgan fingerprint density at radius 2 is 1.94 bits per heavy atom. The van der Waals surface area contributed by atoms with Gasteiger partial charge in [0.15, 0.2) is 5.69 Å². The van der Waals surface area contributed by atoms with Gasteiger partial charge in [-0.05, 0) is 37.4 Å². The quantitative estimate of drug-likeness (QED) is 0.561. The Hall–Kier alpha value is -2.85. The Morgan fingerprint density at radius 3 is 2.59 bits per heavy atom. The highest BCUT2D eigenvalue weighted by atomic mass is 32.1. The minimum Gasteiger partial charge on any atom is -0.365 e. The molecule has 2 heterocycles. The molecule has 1 atom stereocenters. The van der Waals surface area contributed by atoms with E-state index in [4.69, 9.17) is 4.74 Å². The summed E-state index contributed by atoms with van der Waals surface area (Å²) in [6.07, 6.45) is 0.217. The summed E-state index contributed by atoms with van der Waals surface area (Å²) >= 11 is 1.08. The monoisotopic (exact) mass is 459 g/mol. The summed E-state index contributed by atoms with van der Waals surface area (Å²) in [7, 11) is 0. The van der Waals surface area contributed by atoms with Crippen molar-refractivity contribution in [2.45, 2.75) is 26.4 Å². The van der Waals surface area contributed by atoms with E-state index in [9.17, 15) is 14.4 Å². The average molecular weight is 460 g/mol. The van der Waals surface area contributed by atoms with Crippen LogP contribution in [0.25, 0.3) is 0 Å². The number of aromatic nitrogens is 2. The SMILES string of the molecule is CCN(CC)C(=O)CO[C@@H]1CN(CCc2ccccc2)C(=O)CN(C(=O)c2csnn2)C1. The third-order valence-electron chi connectivity index (χ3n) is 5.47. The molecular formula is C22H29N5O4S. The van der Waals surface area contributed by atoms with E-state index < -0.39 is 6.10 Å². The van der Waals surface area contributed by atoms with Crippen LogP contribution >= 0.6 is 11.5 Å². The molecule has 0 radical (unpaired) electrons. The van der Waals surface area contributed by atoms with Crippen molar-refractivity contribution in [2.24, 2.45) is 0 Å². The Morgan fingerprint density at radius 1 is 1.19 bits per heavy atom. The molecule has 0 saturated carbocycles. The second-order valence-electron chi connectivity index (χ2n) is 7.55. The molecule has 3 amide bonds. The van der Waals surface area contributed by atoms with Crippen LogP contribution < -0.4 is 0 Å². The lowest BCUT2D eigenvalue weighted by Gasteiger charge is -2.26. The highest BCUT2D eigenvalue weighted by molar-refractivity contribution is 7.03. The summed E-state index contributed by atoms with van der Waals surface area (Å²) in [5.41, 5.74) is 1.33. The van der Waals surface area contributed by atoms with Crippen LogP contribution in [0.3, 0.4) is 0 Å². The zero-order valence-corrected chi connectivity index (χ0v) is 19.3. The van der Waals surface area contributed by atoms with Gasteiger partial charge in [-0.3, -0.25) is 14.4 Å². The molecule has 0 bridgehead atoms. The number of carbonyl (C=O) groups is 3. The molecule has 2 aromatic rings. The van der Waals surface area contributed by atoms with Gasteiger partial charge in [0.05, 0.1) is 6.10 Å². The van der Waals surface area contributed by atoms with Crippen molar-refractivity contribution < 1.29 is 19.1 Å². The first-order valence-electron chi connectivity index (χ1n) is 10.8. The largest absolute Gasteiger partial charge is 0.365 e. The van der Waals surface area contributed by atoms with E-state index in [-0.39, 0.29) is 43.1 Å². The normalized spacial score (nSPS) is 16.7. The smallest absolute Gasteiger partial charge is 0.275 e. The van der Waals surface area contributed by atoms with E-state index in [2.05, 4.69) is 9.59 Å². The van der Waals surface area contributed by atoms with Crippen LogP contribution in [0.15, 0.2) is 35.7 Å². The second-order valence-corrected chi connectivity index (χ2v) is 8.16. The molecule has 1 fully saturated rings. The van der Waals surface area contributed by atoms with Crippen molar-refractivity contribution in [3.63, 3.8) is 0 Å². The van der Waals surface area contributed by atoms with Gasteiger partial charge in [0.25, 0.3) is 5.91 Å². The van der Waals surface area contributed by atoms with Gasteiger partial charge in [0.1, 0.15) is 13.2 Å². The second kappa shape index (κ2) is 11.7. The van der Waals surface area contributed by atoms with Crippen molar-refractivity contribution in [1.29, 1.82) is 0 Å². The predicted molar refractivity (Wildman–Crippen MR) is 120 cm³/mol. The zero-order valence-electron chi connectivity index (χ0n) is 18.5. The standard InChI is InChI=1S/C22H29N5O4S/c1-3-25(4-2)21(29)15-31-18-12-26(11-10-17-8-6-5-7-9-17)20(28)14-27(13-18)22(30)19-16-32-24-23-19/h5-9,16,18H,3-4,10-15H2,1-2H3/t18-/m1/s1. The van der Waals surface area contributed by atoms with Gasteiger partial charge in [0.2, 0.25) is 11.8 Å². The molecule has 32 heavy (non-hydrogen) atoms.